The molecule has 4 heteroatoms. The van der Waals surface area contributed by atoms with Gasteiger partial charge in [0, 0.05) is 17.4 Å². The fraction of sp³-hybridized carbons (Fsp3) is 0.267. The van der Waals surface area contributed by atoms with Gasteiger partial charge in [-0.2, -0.15) is 0 Å². The summed E-state index contributed by atoms with van der Waals surface area (Å²) in [5.74, 6) is 0.747. The molecule has 1 aliphatic carbocycles. The van der Waals surface area contributed by atoms with Crippen molar-refractivity contribution in [3.8, 4) is 11.3 Å². The van der Waals surface area contributed by atoms with Gasteiger partial charge >= 0.3 is 0 Å². The second-order valence-electron chi connectivity index (χ2n) is 4.77. The third-order valence-corrected chi connectivity index (χ3v) is 4.21. The van der Waals surface area contributed by atoms with E-state index in [9.17, 15) is 8.78 Å². The molecule has 19 heavy (non-hydrogen) atoms. The largest absolute Gasteiger partial charge is 0.241 e. The summed E-state index contributed by atoms with van der Waals surface area (Å²) >= 11 is 1.71. The molecule has 98 valence electrons. The van der Waals surface area contributed by atoms with Gasteiger partial charge in [-0.1, -0.05) is 6.07 Å². The Morgan fingerprint density at radius 3 is 2.53 bits per heavy atom. The van der Waals surface area contributed by atoms with Crippen LogP contribution >= 0.6 is 11.8 Å². The average Bonchev–Trinajstić information content (AvgIpc) is 3.20. The topological polar surface area (TPSA) is 12.9 Å². The molecule has 0 unspecified atom stereocenters. The van der Waals surface area contributed by atoms with E-state index in [1.54, 1.807) is 17.8 Å². The van der Waals surface area contributed by atoms with Crippen molar-refractivity contribution in [1.29, 1.82) is 0 Å². The smallest absolute Gasteiger partial charge is 0.126 e. The Balaban J connectivity index is 1.84. The van der Waals surface area contributed by atoms with Crippen LogP contribution in [-0.2, 0) is 0 Å². The van der Waals surface area contributed by atoms with Crippen LogP contribution < -0.4 is 0 Å². The summed E-state index contributed by atoms with van der Waals surface area (Å²) in [7, 11) is 0. The zero-order valence-electron chi connectivity index (χ0n) is 10.3. The summed E-state index contributed by atoms with van der Waals surface area (Å²) < 4.78 is 26.4. The molecule has 0 radical (unpaired) electrons. The van der Waals surface area contributed by atoms with Crippen LogP contribution in [-0.4, -0.2) is 10.7 Å². The van der Waals surface area contributed by atoms with Crippen LogP contribution in [0.2, 0.25) is 0 Å². The first-order valence-corrected chi connectivity index (χ1v) is 7.25. The highest BCUT2D eigenvalue weighted by Gasteiger charge is 2.21. The van der Waals surface area contributed by atoms with Crippen LogP contribution in [0.3, 0.4) is 0 Å². The number of hydrogen-bond acceptors (Lipinski definition) is 2. The maximum absolute atomic E-state index is 13.2. The van der Waals surface area contributed by atoms with E-state index in [0.717, 1.165) is 22.8 Å². The van der Waals surface area contributed by atoms with E-state index in [2.05, 4.69) is 4.98 Å². The van der Waals surface area contributed by atoms with E-state index < -0.39 is 11.6 Å². The fourth-order valence-corrected chi connectivity index (χ4v) is 2.92. The molecule has 1 nitrogen and oxygen atoms in total. The minimum absolute atomic E-state index is 0.478. The van der Waals surface area contributed by atoms with Crippen molar-refractivity contribution < 1.29 is 8.78 Å². The molecule has 1 aromatic heterocycles. The lowest BCUT2D eigenvalue weighted by Gasteiger charge is -2.05. The highest BCUT2D eigenvalue weighted by Crippen LogP contribution is 2.35. The first-order chi connectivity index (χ1) is 9.20. The molecule has 0 spiro atoms. The number of benzene rings is 1. The predicted octanol–water partition coefficient (Wildman–Crippen LogP) is 4.53. The van der Waals surface area contributed by atoms with Gasteiger partial charge < -0.3 is 0 Å². The first kappa shape index (κ1) is 12.6. The third-order valence-electron chi connectivity index (χ3n) is 3.05. The third kappa shape index (κ3) is 3.32. The molecule has 1 heterocycles. The van der Waals surface area contributed by atoms with Gasteiger partial charge in [-0.3, -0.25) is 0 Å². The Morgan fingerprint density at radius 1 is 1.11 bits per heavy atom. The SMILES string of the molecule is Fc1cc(F)cc(-c2cccc(SCC3CC3)n2)c1. The quantitative estimate of drug-likeness (QED) is 0.762. The van der Waals surface area contributed by atoms with Crippen molar-refractivity contribution in [3.63, 3.8) is 0 Å². The van der Waals surface area contributed by atoms with E-state index in [1.165, 1.54) is 25.0 Å². The molecule has 0 bridgehead atoms. The number of hydrogen-bond donors (Lipinski definition) is 0. The summed E-state index contributed by atoms with van der Waals surface area (Å²) in [5, 5.41) is 0.911. The highest BCUT2D eigenvalue weighted by atomic mass is 32.2. The molecular formula is C15H13F2NS. The van der Waals surface area contributed by atoms with Crippen LogP contribution in [0.25, 0.3) is 11.3 Å². The van der Waals surface area contributed by atoms with Crippen molar-refractivity contribution in [2.75, 3.05) is 5.75 Å². The van der Waals surface area contributed by atoms with E-state index in [0.29, 0.717) is 11.3 Å². The van der Waals surface area contributed by atoms with Crippen molar-refractivity contribution in [1.82, 2.24) is 4.98 Å². The summed E-state index contributed by atoms with van der Waals surface area (Å²) in [4.78, 5) is 4.45. The maximum atomic E-state index is 13.2. The zero-order valence-corrected chi connectivity index (χ0v) is 11.1. The van der Waals surface area contributed by atoms with Crippen molar-refractivity contribution in [3.05, 3.63) is 48.0 Å². The average molecular weight is 277 g/mol. The fourth-order valence-electron chi connectivity index (χ4n) is 1.85. The molecule has 1 saturated carbocycles. The second kappa shape index (κ2) is 5.29. The molecule has 1 aromatic carbocycles. The second-order valence-corrected chi connectivity index (χ2v) is 5.81. The first-order valence-electron chi connectivity index (χ1n) is 6.27. The van der Waals surface area contributed by atoms with Gasteiger partial charge in [0.05, 0.1) is 10.7 Å². The molecular weight excluding hydrogens is 264 g/mol. The monoisotopic (exact) mass is 277 g/mol. The zero-order chi connectivity index (χ0) is 13.2. The molecule has 0 aliphatic heterocycles. The van der Waals surface area contributed by atoms with E-state index >= 15 is 0 Å². The number of thioether (sulfide) groups is 1. The molecule has 0 N–H and O–H groups in total. The van der Waals surface area contributed by atoms with Crippen LogP contribution in [0.15, 0.2) is 41.4 Å². The summed E-state index contributed by atoms with van der Waals surface area (Å²) in [6.07, 6.45) is 2.61. The van der Waals surface area contributed by atoms with Gasteiger partial charge in [0.15, 0.2) is 0 Å². The van der Waals surface area contributed by atoms with Crippen LogP contribution in [0, 0.1) is 17.6 Å². The molecule has 0 atom stereocenters. The number of halogens is 2. The molecule has 3 rings (SSSR count). The van der Waals surface area contributed by atoms with Crippen molar-refractivity contribution in [2.45, 2.75) is 17.9 Å². The molecule has 0 saturated heterocycles. The Bertz CT molecular complexity index is 576. The minimum atomic E-state index is -0.576. The Hall–Kier alpha value is -1.42. The van der Waals surface area contributed by atoms with Crippen LogP contribution in [0.4, 0.5) is 8.78 Å². The lowest BCUT2D eigenvalue weighted by Crippen LogP contribution is -1.90. The number of aromatic nitrogens is 1. The number of nitrogens with zero attached hydrogens (tertiary/aromatic N) is 1. The van der Waals surface area contributed by atoms with Gasteiger partial charge in [0.25, 0.3) is 0 Å². The molecule has 1 aliphatic rings. The van der Waals surface area contributed by atoms with Crippen LogP contribution in [0.1, 0.15) is 12.8 Å². The molecule has 1 fully saturated rings. The maximum Gasteiger partial charge on any atom is 0.126 e. The van der Waals surface area contributed by atoms with Gasteiger partial charge in [0.1, 0.15) is 11.6 Å². The molecule has 2 aromatic rings. The number of pyridine rings is 1. The Kier molecular flexibility index (Phi) is 3.51. The van der Waals surface area contributed by atoms with Gasteiger partial charge in [-0.05, 0) is 43.0 Å². The van der Waals surface area contributed by atoms with Crippen molar-refractivity contribution >= 4 is 11.8 Å². The van der Waals surface area contributed by atoms with Crippen LogP contribution in [0.5, 0.6) is 0 Å². The van der Waals surface area contributed by atoms with Crippen molar-refractivity contribution in [2.24, 2.45) is 5.92 Å². The van der Waals surface area contributed by atoms with E-state index in [4.69, 9.17) is 0 Å². The van der Waals surface area contributed by atoms with Gasteiger partial charge in [0.2, 0.25) is 0 Å². The summed E-state index contributed by atoms with van der Waals surface area (Å²) in [6.45, 7) is 0. The lowest BCUT2D eigenvalue weighted by atomic mass is 10.1. The van der Waals surface area contributed by atoms with E-state index in [1.807, 2.05) is 12.1 Å². The minimum Gasteiger partial charge on any atom is -0.241 e. The van der Waals surface area contributed by atoms with E-state index in [-0.39, 0.29) is 0 Å². The highest BCUT2D eigenvalue weighted by molar-refractivity contribution is 7.99. The summed E-state index contributed by atoms with van der Waals surface area (Å²) in [5.41, 5.74) is 1.09. The standard InChI is InChI=1S/C15H13F2NS/c16-12-6-11(7-13(17)8-12)14-2-1-3-15(18-14)19-9-10-4-5-10/h1-3,6-8,10H,4-5,9H2. The normalized spacial score (nSPS) is 14.6. The summed E-state index contributed by atoms with van der Waals surface area (Å²) in [6, 6.07) is 9.07. The lowest BCUT2D eigenvalue weighted by molar-refractivity contribution is 0.584. The van der Waals surface area contributed by atoms with Gasteiger partial charge in [-0.25, -0.2) is 13.8 Å². The molecule has 0 amide bonds. The van der Waals surface area contributed by atoms with Gasteiger partial charge in [-0.15, -0.1) is 11.8 Å². The Labute approximate surface area is 115 Å². The Morgan fingerprint density at radius 2 is 1.84 bits per heavy atom. The predicted molar refractivity (Wildman–Crippen MR) is 73.0 cm³/mol. The number of rotatable bonds is 4.